The molecule has 2 aliphatic heterocycles. The lowest BCUT2D eigenvalue weighted by Crippen LogP contribution is -2.46. The van der Waals surface area contributed by atoms with Gasteiger partial charge in [-0.2, -0.15) is 5.26 Å². The minimum absolute atomic E-state index is 0.0488. The molecule has 0 bridgehead atoms. The summed E-state index contributed by atoms with van der Waals surface area (Å²) in [4.78, 5) is 28.8. The molecular formula is C35H43Cl2F2N3O3. The number of benzene rings is 2. The van der Waals surface area contributed by atoms with Crippen molar-refractivity contribution in [3.8, 4) is 6.07 Å². The molecular weight excluding hydrogens is 619 g/mol. The van der Waals surface area contributed by atoms with E-state index in [1.54, 1.807) is 11.0 Å². The number of piperidine rings is 1. The molecule has 4 atom stereocenters. The van der Waals surface area contributed by atoms with Gasteiger partial charge >= 0.3 is 6.09 Å². The lowest BCUT2D eigenvalue weighted by molar-refractivity contribution is -0.124. The van der Waals surface area contributed by atoms with Crippen molar-refractivity contribution < 1.29 is 23.1 Å². The average molecular weight is 663 g/mol. The maximum atomic E-state index is 15.9. The van der Waals surface area contributed by atoms with Crippen LogP contribution in [0.25, 0.3) is 0 Å². The molecule has 2 heterocycles. The predicted molar refractivity (Wildman–Crippen MR) is 172 cm³/mol. The van der Waals surface area contributed by atoms with Crippen LogP contribution in [0.15, 0.2) is 36.4 Å². The molecule has 4 rings (SSSR count). The van der Waals surface area contributed by atoms with Crippen LogP contribution in [0.2, 0.25) is 10.0 Å². The lowest BCUT2D eigenvalue weighted by Gasteiger charge is -2.40. The third kappa shape index (κ3) is 7.48. The Labute approximate surface area is 275 Å². The first kappa shape index (κ1) is 35.1. The summed E-state index contributed by atoms with van der Waals surface area (Å²) >= 11 is 12.4. The molecule has 0 aliphatic carbocycles. The van der Waals surface area contributed by atoms with Crippen LogP contribution in [0, 0.1) is 33.8 Å². The first-order valence-electron chi connectivity index (χ1n) is 15.4. The van der Waals surface area contributed by atoms with Gasteiger partial charge in [0.1, 0.15) is 22.7 Å². The van der Waals surface area contributed by atoms with E-state index in [2.05, 4.69) is 11.4 Å². The third-order valence-electron chi connectivity index (χ3n) is 9.02. The Bertz CT molecular complexity index is 1490. The second-order valence-electron chi connectivity index (χ2n) is 15.1. The van der Waals surface area contributed by atoms with Crippen LogP contribution >= 0.6 is 23.2 Å². The Morgan fingerprint density at radius 1 is 1.09 bits per heavy atom. The molecule has 2 aromatic rings. The molecule has 1 amide bonds. The van der Waals surface area contributed by atoms with Crippen LogP contribution in [0.1, 0.15) is 91.2 Å². The maximum Gasteiger partial charge on any atom is 0.410 e. The van der Waals surface area contributed by atoms with E-state index in [0.29, 0.717) is 32.4 Å². The fraction of sp³-hybridized carbons (Fsp3) is 0.571. The van der Waals surface area contributed by atoms with Crippen molar-refractivity contribution in [2.45, 2.75) is 103 Å². The number of ketones is 1. The van der Waals surface area contributed by atoms with Crippen LogP contribution in [0.5, 0.6) is 0 Å². The molecule has 2 aromatic carbocycles. The fourth-order valence-corrected chi connectivity index (χ4v) is 7.21. The monoisotopic (exact) mass is 661 g/mol. The molecule has 2 saturated heterocycles. The van der Waals surface area contributed by atoms with Gasteiger partial charge < -0.3 is 15.0 Å². The highest BCUT2D eigenvalue weighted by atomic mass is 35.5. The van der Waals surface area contributed by atoms with Gasteiger partial charge in [-0.25, -0.2) is 13.6 Å². The van der Waals surface area contributed by atoms with Crippen LogP contribution in [-0.2, 0) is 14.9 Å². The summed E-state index contributed by atoms with van der Waals surface area (Å²) < 4.78 is 37.3. The van der Waals surface area contributed by atoms with Crippen LogP contribution in [0.4, 0.5) is 13.6 Å². The summed E-state index contributed by atoms with van der Waals surface area (Å²) in [5.41, 5.74) is -2.96. The van der Waals surface area contributed by atoms with E-state index in [1.807, 2.05) is 48.5 Å². The Kier molecular flexibility index (Phi) is 10.0. The SMILES string of the molecule is CC(C)(C)C[C@@H]1N[C@@H](C(=O)CC2(C)CCN(C(=O)OC(C)(C)C)CC2)[C@H](c2cccc(Cl)c2F)[C@@]1(C#N)c1ccc(Cl)cc1F. The van der Waals surface area contributed by atoms with E-state index in [-0.39, 0.29) is 38.8 Å². The summed E-state index contributed by atoms with van der Waals surface area (Å²) in [5, 5.41) is 14.5. The summed E-state index contributed by atoms with van der Waals surface area (Å²) in [6.45, 7) is 14.3. The van der Waals surface area contributed by atoms with Gasteiger partial charge in [-0.3, -0.25) is 4.79 Å². The van der Waals surface area contributed by atoms with E-state index >= 15 is 8.78 Å². The molecule has 0 unspecified atom stereocenters. The Balaban J connectivity index is 1.77. The van der Waals surface area contributed by atoms with Gasteiger partial charge in [-0.05, 0) is 74.6 Å². The largest absolute Gasteiger partial charge is 0.444 e. The number of rotatable bonds is 6. The number of Topliss-reactive ketones (excluding diaryl/α,β-unsaturated/α-hetero) is 1. The minimum Gasteiger partial charge on any atom is -0.444 e. The first-order valence-corrected chi connectivity index (χ1v) is 16.1. The highest BCUT2D eigenvalue weighted by Crippen LogP contribution is 2.53. The van der Waals surface area contributed by atoms with Gasteiger partial charge in [0, 0.05) is 42.1 Å². The number of carbonyl (C=O) groups is 2. The van der Waals surface area contributed by atoms with E-state index in [1.165, 1.54) is 24.3 Å². The molecule has 0 aromatic heterocycles. The van der Waals surface area contributed by atoms with Crippen molar-refractivity contribution in [2.75, 3.05) is 13.1 Å². The Morgan fingerprint density at radius 3 is 2.29 bits per heavy atom. The highest BCUT2D eigenvalue weighted by molar-refractivity contribution is 6.31. The van der Waals surface area contributed by atoms with E-state index < -0.39 is 52.2 Å². The molecule has 10 heteroatoms. The van der Waals surface area contributed by atoms with Crippen molar-refractivity contribution in [3.63, 3.8) is 0 Å². The fourth-order valence-electron chi connectivity index (χ4n) is 6.87. The highest BCUT2D eigenvalue weighted by Gasteiger charge is 2.61. The van der Waals surface area contributed by atoms with Gasteiger partial charge in [-0.15, -0.1) is 0 Å². The zero-order chi connectivity index (χ0) is 33.5. The predicted octanol–water partition coefficient (Wildman–Crippen LogP) is 8.59. The van der Waals surface area contributed by atoms with Crippen molar-refractivity contribution >= 4 is 35.1 Å². The van der Waals surface area contributed by atoms with Crippen molar-refractivity contribution in [1.29, 1.82) is 5.26 Å². The van der Waals surface area contributed by atoms with Gasteiger partial charge in [0.05, 0.1) is 17.1 Å². The standard InChI is InChI=1S/C35H43Cl2F2N3O3/c1-32(2,3)19-27-35(20-40,23-12-11-21(36)17-25(23)38)28(22-9-8-10-24(37)29(22)39)30(41-27)26(43)18-34(7)13-15-42(16-14-34)31(44)45-33(4,5)6/h8-12,17,27-28,30,41H,13-16,18-19H2,1-7H3/t27-,28-,30-,35-/m0/s1. The second kappa shape index (κ2) is 12.8. The number of carbonyl (C=O) groups excluding carboxylic acids is 2. The van der Waals surface area contributed by atoms with Gasteiger partial charge in [0.2, 0.25) is 0 Å². The van der Waals surface area contributed by atoms with Crippen molar-refractivity contribution in [1.82, 2.24) is 10.2 Å². The Morgan fingerprint density at radius 2 is 1.73 bits per heavy atom. The minimum atomic E-state index is -1.67. The molecule has 45 heavy (non-hydrogen) atoms. The van der Waals surface area contributed by atoms with E-state index in [0.717, 1.165) is 6.07 Å². The maximum absolute atomic E-state index is 15.9. The molecule has 1 N–H and O–H groups in total. The average Bonchev–Trinajstić information content (AvgIpc) is 3.22. The number of nitrogens with zero attached hydrogens (tertiary/aromatic N) is 2. The molecule has 2 fully saturated rings. The normalized spacial score (nSPS) is 25.1. The van der Waals surface area contributed by atoms with Gasteiger partial charge in [-0.1, -0.05) is 69.1 Å². The summed E-state index contributed by atoms with van der Waals surface area (Å²) in [5.74, 6) is -2.75. The topological polar surface area (TPSA) is 82.4 Å². The number of halogens is 4. The second-order valence-corrected chi connectivity index (χ2v) is 16.0. The summed E-state index contributed by atoms with van der Waals surface area (Å²) in [7, 11) is 0. The molecule has 0 radical (unpaired) electrons. The molecule has 0 saturated carbocycles. The molecule has 0 spiro atoms. The smallest absolute Gasteiger partial charge is 0.410 e. The van der Waals surface area contributed by atoms with Gasteiger partial charge in [0.15, 0.2) is 5.78 Å². The molecule has 2 aliphatic rings. The van der Waals surface area contributed by atoms with Gasteiger partial charge in [0.25, 0.3) is 0 Å². The summed E-state index contributed by atoms with van der Waals surface area (Å²) in [6, 6.07) is 9.29. The van der Waals surface area contributed by atoms with Crippen molar-refractivity contribution in [2.24, 2.45) is 10.8 Å². The molecule has 244 valence electrons. The third-order valence-corrected chi connectivity index (χ3v) is 9.55. The number of amides is 1. The zero-order valence-electron chi connectivity index (χ0n) is 27.1. The number of ether oxygens (including phenoxy) is 1. The first-order chi connectivity index (χ1) is 20.8. The Hall–Kier alpha value is -2.73. The quantitative estimate of drug-likeness (QED) is 0.335. The lowest BCUT2D eigenvalue weighted by atomic mass is 9.62. The number of nitriles is 1. The van der Waals surface area contributed by atoms with Crippen LogP contribution < -0.4 is 5.32 Å². The number of hydrogen-bond acceptors (Lipinski definition) is 5. The van der Waals surface area contributed by atoms with Crippen LogP contribution in [0.3, 0.4) is 0 Å². The number of likely N-dealkylation sites (tertiary alicyclic amines) is 1. The van der Waals surface area contributed by atoms with Crippen LogP contribution in [-0.4, -0.2) is 47.6 Å². The van der Waals surface area contributed by atoms with Crippen molar-refractivity contribution in [3.05, 3.63) is 69.2 Å². The number of hydrogen-bond donors (Lipinski definition) is 1. The zero-order valence-corrected chi connectivity index (χ0v) is 28.6. The summed E-state index contributed by atoms with van der Waals surface area (Å²) in [6.07, 6.45) is 1.24. The molecule has 6 nitrogen and oxygen atoms in total. The number of nitrogens with one attached hydrogen (secondary N) is 1. The van der Waals surface area contributed by atoms with E-state index in [9.17, 15) is 14.9 Å². The van der Waals surface area contributed by atoms with E-state index in [4.69, 9.17) is 27.9 Å².